The number of aromatic nitrogens is 2. The van der Waals surface area contributed by atoms with E-state index in [0.717, 1.165) is 22.1 Å². The van der Waals surface area contributed by atoms with Crippen molar-refractivity contribution in [2.45, 2.75) is 20.3 Å². The van der Waals surface area contributed by atoms with E-state index in [4.69, 9.17) is 4.74 Å². The van der Waals surface area contributed by atoms with Crippen LogP contribution in [-0.2, 0) is 16.0 Å². The Morgan fingerprint density at radius 2 is 1.93 bits per heavy atom. The van der Waals surface area contributed by atoms with Gasteiger partial charge in [0.1, 0.15) is 5.75 Å². The predicted octanol–water partition coefficient (Wildman–Crippen LogP) is 3.53. The highest BCUT2D eigenvalue weighted by Crippen LogP contribution is 2.23. The van der Waals surface area contributed by atoms with Crippen molar-refractivity contribution in [3.8, 4) is 10.9 Å². The Balaban J connectivity index is 1.66. The number of ether oxygens (including phenoxy) is 2. The molecule has 0 fully saturated rings. The first-order chi connectivity index (χ1) is 13.0. The number of Topliss-reactive ketones (excluding diaryl/α,β-unsaturated/α-hetero) is 1. The molecule has 0 spiro atoms. The molecule has 0 saturated carbocycles. The number of carbonyl (C=O) groups is 2. The SMILES string of the molecule is COC(=O)Cc1ccc(OCC(=O)c2cc(C)n(-c3nccs3)c2C)cc1. The van der Waals surface area contributed by atoms with E-state index < -0.39 is 0 Å². The maximum Gasteiger partial charge on any atom is 0.309 e. The second kappa shape index (κ2) is 8.18. The van der Waals surface area contributed by atoms with Crippen molar-refractivity contribution >= 4 is 23.1 Å². The molecule has 0 unspecified atom stereocenters. The van der Waals surface area contributed by atoms with Crippen LogP contribution < -0.4 is 4.74 Å². The van der Waals surface area contributed by atoms with Crippen LogP contribution in [-0.4, -0.2) is 35.0 Å². The fraction of sp³-hybridized carbons (Fsp3) is 0.250. The maximum atomic E-state index is 12.6. The summed E-state index contributed by atoms with van der Waals surface area (Å²) in [7, 11) is 1.36. The average Bonchev–Trinajstić information content (AvgIpc) is 3.28. The molecule has 2 aromatic heterocycles. The first-order valence-corrected chi connectivity index (χ1v) is 9.28. The molecule has 0 atom stereocenters. The average molecular weight is 384 g/mol. The molecule has 0 amide bonds. The van der Waals surface area contributed by atoms with E-state index in [1.54, 1.807) is 30.5 Å². The second-order valence-electron chi connectivity index (χ2n) is 6.04. The molecule has 2 heterocycles. The Labute approximate surface area is 161 Å². The zero-order chi connectivity index (χ0) is 19.4. The zero-order valence-corrected chi connectivity index (χ0v) is 16.2. The molecule has 1 aromatic carbocycles. The lowest BCUT2D eigenvalue weighted by Crippen LogP contribution is -2.13. The summed E-state index contributed by atoms with van der Waals surface area (Å²) in [4.78, 5) is 28.2. The lowest BCUT2D eigenvalue weighted by atomic mass is 10.1. The van der Waals surface area contributed by atoms with Crippen LogP contribution in [0.25, 0.3) is 5.13 Å². The zero-order valence-electron chi connectivity index (χ0n) is 15.4. The molecule has 0 aliphatic rings. The predicted molar refractivity (Wildman–Crippen MR) is 103 cm³/mol. The third kappa shape index (κ3) is 4.25. The van der Waals surface area contributed by atoms with Crippen LogP contribution in [0.4, 0.5) is 0 Å². The minimum Gasteiger partial charge on any atom is -0.485 e. The van der Waals surface area contributed by atoms with E-state index in [9.17, 15) is 9.59 Å². The molecule has 27 heavy (non-hydrogen) atoms. The quantitative estimate of drug-likeness (QED) is 0.460. The van der Waals surface area contributed by atoms with Crippen molar-refractivity contribution in [2.24, 2.45) is 0 Å². The van der Waals surface area contributed by atoms with Crippen LogP contribution in [0.5, 0.6) is 5.75 Å². The van der Waals surface area contributed by atoms with Crippen molar-refractivity contribution in [3.05, 3.63) is 64.4 Å². The normalized spacial score (nSPS) is 10.6. The van der Waals surface area contributed by atoms with Crippen LogP contribution in [0.1, 0.15) is 27.3 Å². The Morgan fingerprint density at radius 1 is 1.19 bits per heavy atom. The van der Waals surface area contributed by atoms with E-state index >= 15 is 0 Å². The van der Waals surface area contributed by atoms with Gasteiger partial charge in [-0.05, 0) is 37.6 Å². The highest BCUT2D eigenvalue weighted by Gasteiger charge is 2.18. The summed E-state index contributed by atoms with van der Waals surface area (Å²) < 4.78 is 12.2. The lowest BCUT2D eigenvalue weighted by molar-refractivity contribution is -0.139. The van der Waals surface area contributed by atoms with Crippen molar-refractivity contribution in [1.29, 1.82) is 0 Å². The monoisotopic (exact) mass is 384 g/mol. The van der Waals surface area contributed by atoms with Crippen molar-refractivity contribution in [2.75, 3.05) is 13.7 Å². The van der Waals surface area contributed by atoms with Crippen LogP contribution >= 0.6 is 11.3 Å². The van der Waals surface area contributed by atoms with Gasteiger partial charge >= 0.3 is 5.97 Å². The number of hydrogen-bond acceptors (Lipinski definition) is 6. The Bertz CT molecular complexity index is 943. The van der Waals surface area contributed by atoms with Crippen molar-refractivity contribution in [1.82, 2.24) is 9.55 Å². The van der Waals surface area contributed by atoms with Crippen molar-refractivity contribution < 1.29 is 19.1 Å². The summed E-state index contributed by atoms with van der Waals surface area (Å²) in [6.07, 6.45) is 1.95. The van der Waals surface area contributed by atoms with Gasteiger partial charge in [0.25, 0.3) is 0 Å². The molecule has 7 heteroatoms. The van der Waals surface area contributed by atoms with Gasteiger partial charge in [-0.3, -0.25) is 14.2 Å². The number of thiazole rings is 1. The van der Waals surface area contributed by atoms with Crippen LogP contribution in [0, 0.1) is 13.8 Å². The first-order valence-electron chi connectivity index (χ1n) is 8.40. The Hall–Kier alpha value is -2.93. The number of carbonyl (C=O) groups excluding carboxylic acids is 2. The number of hydrogen-bond donors (Lipinski definition) is 0. The number of esters is 1. The van der Waals surface area contributed by atoms with E-state index in [1.165, 1.54) is 18.4 Å². The summed E-state index contributed by atoms with van der Waals surface area (Å²) in [6.45, 7) is 3.80. The van der Waals surface area contributed by atoms with Gasteiger partial charge in [-0.1, -0.05) is 12.1 Å². The third-order valence-electron chi connectivity index (χ3n) is 4.21. The minimum atomic E-state index is -0.297. The molecule has 0 bridgehead atoms. The summed E-state index contributed by atoms with van der Waals surface area (Å²) >= 11 is 1.52. The molecule has 3 aromatic rings. The standard InChI is InChI=1S/C20H20N2O4S/c1-13-10-17(14(2)22(13)20-21-8-9-27-20)18(23)12-26-16-6-4-15(5-7-16)11-19(24)25-3/h4-10H,11-12H2,1-3H3. The summed E-state index contributed by atoms with van der Waals surface area (Å²) in [5.74, 6) is 0.185. The molecule has 0 saturated heterocycles. The van der Waals surface area contributed by atoms with E-state index in [-0.39, 0.29) is 24.8 Å². The number of ketones is 1. The smallest absolute Gasteiger partial charge is 0.309 e. The minimum absolute atomic E-state index is 0.0570. The van der Waals surface area contributed by atoms with Gasteiger partial charge in [-0.2, -0.15) is 0 Å². The molecule has 0 aliphatic heterocycles. The van der Waals surface area contributed by atoms with Gasteiger partial charge in [0, 0.05) is 28.5 Å². The topological polar surface area (TPSA) is 70.4 Å². The molecule has 0 N–H and O–H groups in total. The Kier molecular flexibility index (Phi) is 5.71. The van der Waals surface area contributed by atoms with Gasteiger partial charge in [-0.25, -0.2) is 4.98 Å². The van der Waals surface area contributed by atoms with Gasteiger partial charge in [0.2, 0.25) is 5.78 Å². The van der Waals surface area contributed by atoms with Crippen molar-refractivity contribution in [3.63, 3.8) is 0 Å². The lowest BCUT2D eigenvalue weighted by Gasteiger charge is -2.08. The molecular formula is C20H20N2O4S. The third-order valence-corrected chi connectivity index (χ3v) is 4.97. The number of nitrogens with zero attached hydrogens (tertiary/aromatic N) is 2. The first kappa shape index (κ1) is 18.8. The molecule has 3 rings (SSSR count). The van der Waals surface area contributed by atoms with E-state index in [1.807, 2.05) is 29.9 Å². The fourth-order valence-electron chi connectivity index (χ4n) is 2.83. The Morgan fingerprint density at radius 3 is 2.56 bits per heavy atom. The van der Waals surface area contributed by atoms with Gasteiger partial charge in [-0.15, -0.1) is 11.3 Å². The molecule has 0 radical (unpaired) electrons. The number of methoxy groups -OCH3 is 1. The largest absolute Gasteiger partial charge is 0.485 e. The summed E-state index contributed by atoms with van der Waals surface area (Å²) in [6, 6.07) is 8.91. The van der Waals surface area contributed by atoms with Gasteiger partial charge in [0.15, 0.2) is 11.7 Å². The fourth-order valence-corrected chi connectivity index (χ4v) is 3.59. The van der Waals surface area contributed by atoms with E-state index in [2.05, 4.69) is 9.72 Å². The van der Waals surface area contributed by atoms with Crippen LogP contribution in [0.2, 0.25) is 0 Å². The summed E-state index contributed by atoms with van der Waals surface area (Å²) in [5, 5.41) is 2.74. The molecule has 6 nitrogen and oxygen atoms in total. The number of benzene rings is 1. The van der Waals surface area contributed by atoms with Crippen LogP contribution in [0.15, 0.2) is 41.9 Å². The van der Waals surface area contributed by atoms with Crippen LogP contribution in [0.3, 0.4) is 0 Å². The maximum absolute atomic E-state index is 12.6. The highest BCUT2D eigenvalue weighted by atomic mass is 32.1. The molecule has 140 valence electrons. The summed E-state index contributed by atoms with van der Waals surface area (Å²) in [5.41, 5.74) is 3.26. The molecular weight excluding hydrogens is 364 g/mol. The second-order valence-corrected chi connectivity index (χ2v) is 6.92. The van der Waals surface area contributed by atoms with Gasteiger partial charge in [0.05, 0.1) is 13.5 Å². The molecule has 0 aliphatic carbocycles. The highest BCUT2D eigenvalue weighted by molar-refractivity contribution is 7.12. The van der Waals surface area contributed by atoms with E-state index in [0.29, 0.717) is 11.3 Å². The van der Waals surface area contributed by atoms with Gasteiger partial charge < -0.3 is 9.47 Å². The number of aryl methyl sites for hydroxylation is 1. The number of rotatable bonds is 7.